The molecule has 0 aliphatic heterocycles. The second-order valence-electron chi connectivity index (χ2n) is 3.93. The zero-order chi connectivity index (χ0) is 10.9. The Morgan fingerprint density at radius 1 is 1.50 bits per heavy atom. The third-order valence-electron chi connectivity index (χ3n) is 2.47. The Balaban J connectivity index is 3.07. The van der Waals surface area contributed by atoms with E-state index < -0.39 is 17.5 Å². The lowest BCUT2D eigenvalue weighted by Crippen LogP contribution is -2.39. The van der Waals surface area contributed by atoms with Crippen molar-refractivity contribution in [3.05, 3.63) is 21.9 Å². The van der Waals surface area contributed by atoms with Gasteiger partial charge in [-0.2, -0.15) is 11.3 Å². The summed E-state index contributed by atoms with van der Waals surface area (Å²) in [7, 11) is 0. The average Bonchev–Trinajstić information content (AvgIpc) is 2.50. The van der Waals surface area contributed by atoms with E-state index in [1.54, 1.807) is 13.8 Å². The van der Waals surface area contributed by atoms with Gasteiger partial charge in [-0.15, -0.1) is 0 Å². The highest BCUT2D eigenvalue weighted by molar-refractivity contribution is 7.08. The Labute approximate surface area is 87.0 Å². The summed E-state index contributed by atoms with van der Waals surface area (Å²) in [4.78, 5) is 10.7. The maximum atomic E-state index is 10.7. The summed E-state index contributed by atoms with van der Waals surface area (Å²) < 4.78 is 0. The van der Waals surface area contributed by atoms with Gasteiger partial charge >= 0.3 is 5.97 Å². The third-order valence-corrected chi connectivity index (χ3v) is 3.33. The van der Waals surface area contributed by atoms with Crippen molar-refractivity contribution in [1.82, 2.24) is 0 Å². The second-order valence-corrected chi connectivity index (χ2v) is 4.67. The Bertz CT molecular complexity index is 341. The molecule has 0 amide bonds. The molecule has 0 fully saturated rings. The number of carbonyl (C=O) groups is 1. The molecule has 0 aliphatic carbocycles. The van der Waals surface area contributed by atoms with Gasteiger partial charge in [0.25, 0.3) is 0 Å². The first-order chi connectivity index (χ1) is 6.37. The van der Waals surface area contributed by atoms with Gasteiger partial charge in [0.05, 0.1) is 0 Å². The summed E-state index contributed by atoms with van der Waals surface area (Å²) in [6, 6.07) is 0. The Hall–Kier alpha value is -0.870. The van der Waals surface area contributed by atoms with Gasteiger partial charge in [0.2, 0.25) is 0 Å². The minimum atomic E-state index is -1.37. The van der Waals surface area contributed by atoms with Crippen LogP contribution in [0.5, 0.6) is 0 Å². The summed E-state index contributed by atoms with van der Waals surface area (Å²) in [5.74, 6) is -1.18. The van der Waals surface area contributed by atoms with Crippen molar-refractivity contribution in [3.63, 3.8) is 0 Å². The molecule has 0 saturated heterocycles. The summed E-state index contributed by atoms with van der Waals surface area (Å²) >= 11 is 1.52. The van der Waals surface area contributed by atoms with Crippen LogP contribution in [0.3, 0.4) is 0 Å². The van der Waals surface area contributed by atoms with Crippen molar-refractivity contribution in [1.29, 1.82) is 0 Å². The Kier molecular flexibility index (Phi) is 2.97. The van der Waals surface area contributed by atoms with Crippen LogP contribution >= 0.6 is 11.3 Å². The molecule has 0 bridgehead atoms. The predicted molar refractivity (Wildman–Crippen MR) is 55.7 cm³/mol. The molecule has 78 valence electrons. The number of carboxylic acid groups (broad SMARTS) is 1. The average molecular weight is 214 g/mol. The van der Waals surface area contributed by atoms with Gasteiger partial charge in [-0.05, 0) is 28.8 Å². The SMILES string of the molecule is Cc1cscc1C(C)(C)C(O)C(=O)O. The highest BCUT2D eigenvalue weighted by atomic mass is 32.1. The molecular formula is C10H14O3S. The number of aliphatic carboxylic acids is 1. The van der Waals surface area contributed by atoms with Crippen LogP contribution in [0.25, 0.3) is 0 Å². The van der Waals surface area contributed by atoms with Crippen molar-refractivity contribution in [3.8, 4) is 0 Å². The molecule has 4 heteroatoms. The van der Waals surface area contributed by atoms with E-state index in [2.05, 4.69) is 0 Å². The molecule has 1 atom stereocenters. The van der Waals surface area contributed by atoms with Gasteiger partial charge in [0.1, 0.15) is 0 Å². The molecule has 0 saturated carbocycles. The van der Waals surface area contributed by atoms with E-state index in [-0.39, 0.29) is 0 Å². The van der Waals surface area contributed by atoms with E-state index in [9.17, 15) is 9.90 Å². The van der Waals surface area contributed by atoms with Crippen LogP contribution in [0.15, 0.2) is 10.8 Å². The molecule has 0 radical (unpaired) electrons. The minimum Gasteiger partial charge on any atom is -0.479 e. The van der Waals surface area contributed by atoms with Gasteiger partial charge in [-0.1, -0.05) is 13.8 Å². The molecule has 1 unspecified atom stereocenters. The Morgan fingerprint density at radius 2 is 2.07 bits per heavy atom. The van der Waals surface area contributed by atoms with Crippen LogP contribution in [0.4, 0.5) is 0 Å². The molecule has 0 aromatic carbocycles. The lowest BCUT2D eigenvalue weighted by molar-refractivity contribution is -0.150. The standard InChI is InChI=1S/C10H14O3S/c1-6-4-14-5-7(6)10(2,3)8(11)9(12)13/h4-5,8,11H,1-3H3,(H,12,13). The van der Waals surface area contributed by atoms with E-state index >= 15 is 0 Å². The minimum absolute atomic E-state index is 0.740. The van der Waals surface area contributed by atoms with Crippen molar-refractivity contribution < 1.29 is 15.0 Å². The number of aryl methyl sites for hydroxylation is 1. The van der Waals surface area contributed by atoms with E-state index in [0.29, 0.717) is 0 Å². The zero-order valence-electron chi connectivity index (χ0n) is 8.44. The monoisotopic (exact) mass is 214 g/mol. The Morgan fingerprint density at radius 3 is 2.43 bits per heavy atom. The van der Waals surface area contributed by atoms with Gasteiger partial charge in [-0.25, -0.2) is 4.79 Å². The number of aliphatic hydroxyl groups is 1. The van der Waals surface area contributed by atoms with Gasteiger partial charge in [0.15, 0.2) is 6.10 Å². The number of hydrogen-bond acceptors (Lipinski definition) is 3. The first-order valence-electron chi connectivity index (χ1n) is 4.31. The first kappa shape index (κ1) is 11.2. The third kappa shape index (κ3) is 1.81. The maximum Gasteiger partial charge on any atom is 0.333 e. The van der Waals surface area contributed by atoms with Crippen molar-refractivity contribution in [2.45, 2.75) is 32.3 Å². The molecule has 1 aromatic rings. The lowest BCUT2D eigenvalue weighted by atomic mass is 9.79. The molecule has 14 heavy (non-hydrogen) atoms. The fourth-order valence-electron chi connectivity index (χ4n) is 1.48. The topological polar surface area (TPSA) is 57.5 Å². The van der Waals surface area contributed by atoms with Crippen LogP contribution in [0.1, 0.15) is 25.0 Å². The summed E-state index contributed by atoms with van der Waals surface area (Å²) in [6.45, 7) is 5.39. The molecule has 1 aromatic heterocycles. The summed E-state index contributed by atoms with van der Waals surface area (Å²) in [6.07, 6.45) is -1.37. The fraction of sp³-hybridized carbons (Fsp3) is 0.500. The van der Waals surface area contributed by atoms with Crippen LogP contribution in [-0.2, 0) is 10.2 Å². The molecule has 0 spiro atoms. The molecular weight excluding hydrogens is 200 g/mol. The normalized spacial score (nSPS) is 14.0. The lowest BCUT2D eigenvalue weighted by Gasteiger charge is -2.27. The summed E-state index contributed by atoms with van der Waals surface area (Å²) in [5, 5.41) is 22.2. The fourth-order valence-corrected chi connectivity index (χ4v) is 2.50. The van der Waals surface area contributed by atoms with Crippen LogP contribution < -0.4 is 0 Å². The smallest absolute Gasteiger partial charge is 0.333 e. The van der Waals surface area contributed by atoms with E-state index in [1.807, 2.05) is 17.7 Å². The number of carboxylic acids is 1. The predicted octanol–water partition coefficient (Wildman–Crippen LogP) is 1.78. The van der Waals surface area contributed by atoms with Crippen LogP contribution in [0, 0.1) is 6.92 Å². The van der Waals surface area contributed by atoms with Crippen LogP contribution in [0.2, 0.25) is 0 Å². The van der Waals surface area contributed by atoms with Gasteiger partial charge in [-0.3, -0.25) is 0 Å². The largest absolute Gasteiger partial charge is 0.479 e. The summed E-state index contributed by atoms with van der Waals surface area (Å²) in [5.41, 5.74) is 1.19. The van der Waals surface area contributed by atoms with Crippen molar-refractivity contribution >= 4 is 17.3 Å². The molecule has 1 heterocycles. The number of hydrogen-bond donors (Lipinski definition) is 2. The zero-order valence-corrected chi connectivity index (χ0v) is 9.26. The quantitative estimate of drug-likeness (QED) is 0.806. The van der Waals surface area contributed by atoms with Crippen molar-refractivity contribution in [2.75, 3.05) is 0 Å². The molecule has 1 rings (SSSR count). The number of thiophene rings is 1. The van der Waals surface area contributed by atoms with Crippen LogP contribution in [-0.4, -0.2) is 22.3 Å². The van der Waals surface area contributed by atoms with E-state index in [4.69, 9.17) is 5.11 Å². The van der Waals surface area contributed by atoms with Gasteiger partial charge in [0, 0.05) is 5.41 Å². The highest BCUT2D eigenvalue weighted by Gasteiger charge is 2.36. The second kappa shape index (κ2) is 3.71. The maximum absolute atomic E-state index is 10.7. The molecule has 0 aliphatic rings. The van der Waals surface area contributed by atoms with Gasteiger partial charge < -0.3 is 10.2 Å². The highest BCUT2D eigenvalue weighted by Crippen LogP contribution is 2.32. The first-order valence-corrected chi connectivity index (χ1v) is 5.25. The van der Waals surface area contributed by atoms with Crippen molar-refractivity contribution in [2.24, 2.45) is 0 Å². The number of rotatable bonds is 3. The van der Waals surface area contributed by atoms with E-state index in [0.717, 1.165) is 11.1 Å². The number of aliphatic hydroxyl groups excluding tert-OH is 1. The molecule has 3 nitrogen and oxygen atoms in total. The van der Waals surface area contributed by atoms with E-state index in [1.165, 1.54) is 11.3 Å². The molecule has 2 N–H and O–H groups in total.